The van der Waals surface area contributed by atoms with E-state index in [4.69, 9.17) is 9.47 Å². The third-order valence-corrected chi connectivity index (χ3v) is 5.82. The van der Waals surface area contributed by atoms with Crippen LogP contribution in [0, 0.1) is 5.41 Å². The predicted molar refractivity (Wildman–Crippen MR) is 98.4 cm³/mol. The summed E-state index contributed by atoms with van der Waals surface area (Å²) < 4.78 is 11.3. The molecule has 0 radical (unpaired) electrons. The average molecular weight is 352 g/mol. The Hall–Kier alpha value is -2.34. The van der Waals surface area contributed by atoms with Gasteiger partial charge < -0.3 is 14.8 Å². The van der Waals surface area contributed by atoms with Gasteiger partial charge in [0.2, 0.25) is 0 Å². The summed E-state index contributed by atoms with van der Waals surface area (Å²) in [4.78, 5) is 10.8. The largest absolute Gasteiger partial charge is 0.486 e. The number of fused-ring (bicyclic) bond motifs is 1. The molecule has 1 aromatic carbocycles. The lowest BCUT2D eigenvalue weighted by Crippen LogP contribution is -2.46. The number of aromatic nitrogens is 2. The summed E-state index contributed by atoms with van der Waals surface area (Å²) in [6, 6.07) is 8.83. The summed E-state index contributed by atoms with van der Waals surface area (Å²) in [6.07, 6.45) is 7.14. The van der Waals surface area contributed by atoms with Crippen LogP contribution >= 0.6 is 0 Å². The minimum atomic E-state index is 0.485. The third-order valence-electron chi connectivity index (χ3n) is 5.82. The zero-order chi connectivity index (χ0) is 17.4. The zero-order valence-corrected chi connectivity index (χ0v) is 14.9. The average Bonchev–Trinajstić information content (AvgIpc) is 3.06. The molecule has 1 saturated heterocycles. The first-order chi connectivity index (χ1) is 12.8. The van der Waals surface area contributed by atoms with Gasteiger partial charge in [0.05, 0.1) is 0 Å². The molecule has 0 bridgehead atoms. The Labute approximate surface area is 153 Å². The molecule has 1 aliphatic carbocycles. The van der Waals surface area contributed by atoms with Gasteiger partial charge in [0.15, 0.2) is 11.5 Å². The highest BCUT2D eigenvalue weighted by atomic mass is 16.6. The molecule has 2 aliphatic heterocycles. The summed E-state index contributed by atoms with van der Waals surface area (Å²) in [5.74, 6) is 2.70. The molecule has 1 aromatic heterocycles. The smallest absolute Gasteiger partial charge is 0.161 e. The van der Waals surface area contributed by atoms with Crippen LogP contribution in [0.25, 0.3) is 0 Å². The van der Waals surface area contributed by atoms with E-state index in [1.807, 2.05) is 12.1 Å². The predicted octanol–water partition coefficient (Wildman–Crippen LogP) is 2.71. The number of ether oxygens (including phenoxy) is 2. The van der Waals surface area contributed by atoms with Crippen molar-refractivity contribution < 1.29 is 9.47 Å². The van der Waals surface area contributed by atoms with E-state index >= 15 is 0 Å². The third kappa shape index (κ3) is 3.09. The Morgan fingerprint density at radius 1 is 1.15 bits per heavy atom. The van der Waals surface area contributed by atoms with Crippen LogP contribution in [0.2, 0.25) is 0 Å². The van der Waals surface area contributed by atoms with E-state index in [1.165, 1.54) is 37.9 Å². The van der Waals surface area contributed by atoms with Crippen LogP contribution in [0.5, 0.6) is 11.5 Å². The van der Waals surface area contributed by atoms with Crippen molar-refractivity contribution in [2.24, 2.45) is 5.41 Å². The van der Waals surface area contributed by atoms with Crippen molar-refractivity contribution in [3.05, 3.63) is 42.4 Å². The van der Waals surface area contributed by atoms with Crippen LogP contribution in [0.4, 0.5) is 5.82 Å². The van der Waals surface area contributed by atoms with E-state index in [0.717, 1.165) is 23.9 Å². The molecule has 2 aromatic rings. The number of anilines is 1. The van der Waals surface area contributed by atoms with Crippen LogP contribution in [-0.4, -0.2) is 47.2 Å². The van der Waals surface area contributed by atoms with Gasteiger partial charge in [-0.25, -0.2) is 9.97 Å². The highest BCUT2D eigenvalue weighted by molar-refractivity contribution is 5.43. The van der Waals surface area contributed by atoms with Crippen LogP contribution < -0.4 is 14.8 Å². The monoisotopic (exact) mass is 352 g/mol. The summed E-state index contributed by atoms with van der Waals surface area (Å²) in [5, 5.41) is 3.53. The summed E-state index contributed by atoms with van der Waals surface area (Å²) in [6.45, 7) is 4.63. The molecule has 3 aliphatic rings. The molecule has 3 heterocycles. The van der Waals surface area contributed by atoms with E-state index in [-0.39, 0.29) is 0 Å². The van der Waals surface area contributed by atoms with Crippen molar-refractivity contribution in [2.75, 3.05) is 31.6 Å². The number of likely N-dealkylation sites (tertiary alicyclic amines) is 1. The van der Waals surface area contributed by atoms with Crippen molar-refractivity contribution in [2.45, 2.75) is 31.8 Å². The first kappa shape index (κ1) is 15.9. The van der Waals surface area contributed by atoms with Gasteiger partial charge in [-0.3, -0.25) is 4.90 Å². The van der Waals surface area contributed by atoms with Gasteiger partial charge in [-0.1, -0.05) is 6.07 Å². The number of hydrogen-bond acceptors (Lipinski definition) is 6. The lowest BCUT2D eigenvalue weighted by Gasteiger charge is -2.45. The second-order valence-corrected chi connectivity index (χ2v) is 7.78. The minimum absolute atomic E-state index is 0.485. The molecule has 0 unspecified atom stereocenters. The molecule has 5 rings (SSSR count). The minimum Gasteiger partial charge on any atom is -0.486 e. The summed E-state index contributed by atoms with van der Waals surface area (Å²) in [7, 11) is 0. The van der Waals surface area contributed by atoms with Gasteiger partial charge in [-0.05, 0) is 55.0 Å². The first-order valence-electron chi connectivity index (χ1n) is 9.42. The summed E-state index contributed by atoms with van der Waals surface area (Å²) >= 11 is 0. The Balaban J connectivity index is 1.16. The second kappa shape index (κ2) is 6.43. The fourth-order valence-electron chi connectivity index (χ4n) is 4.61. The van der Waals surface area contributed by atoms with Crippen molar-refractivity contribution in [1.82, 2.24) is 14.9 Å². The molecule has 1 spiro atoms. The van der Waals surface area contributed by atoms with Gasteiger partial charge in [0.1, 0.15) is 25.4 Å². The number of benzene rings is 1. The van der Waals surface area contributed by atoms with Crippen molar-refractivity contribution in [3.8, 4) is 11.5 Å². The van der Waals surface area contributed by atoms with E-state index in [0.29, 0.717) is 24.7 Å². The molecular weight excluding hydrogens is 328 g/mol. The quantitative estimate of drug-likeness (QED) is 0.913. The van der Waals surface area contributed by atoms with E-state index in [9.17, 15) is 0 Å². The Morgan fingerprint density at radius 2 is 2.04 bits per heavy atom. The van der Waals surface area contributed by atoms with Crippen LogP contribution in [0.1, 0.15) is 24.8 Å². The number of nitrogens with one attached hydrogen (secondary N) is 1. The van der Waals surface area contributed by atoms with Gasteiger partial charge in [-0.15, -0.1) is 0 Å². The maximum atomic E-state index is 5.71. The van der Waals surface area contributed by atoms with Gasteiger partial charge in [0, 0.05) is 25.3 Å². The Morgan fingerprint density at radius 3 is 2.88 bits per heavy atom. The molecule has 1 N–H and O–H groups in total. The van der Waals surface area contributed by atoms with Crippen molar-refractivity contribution in [3.63, 3.8) is 0 Å². The second-order valence-electron chi connectivity index (χ2n) is 7.78. The van der Waals surface area contributed by atoms with Gasteiger partial charge >= 0.3 is 0 Å². The molecule has 1 saturated carbocycles. The fraction of sp³-hybridized carbons (Fsp3) is 0.500. The summed E-state index contributed by atoms with van der Waals surface area (Å²) in [5.41, 5.74) is 1.79. The van der Waals surface area contributed by atoms with Gasteiger partial charge in [-0.2, -0.15) is 0 Å². The number of hydrogen-bond donors (Lipinski definition) is 1. The van der Waals surface area contributed by atoms with E-state index in [1.54, 1.807) is 12.5 Å². The van der Waals surface area contributed by atoms with Crippen molar-refractivity contribution >= 4 is 5.82 Å². The molecule has 0 amide bonds. The number of nitrogens with zero attached hydrogens (tertiary/aromatic N) is 3. The van der Waals surface area contributed by atoms with Crippen LogP contribution in [-0.2, 0) is 6.54 Å². The fourth-order valence-corrected chi connectivity index (χ4v) is 4.61. The topological polar surface area (TPSA) is 59.5 Å². The highest BCUT2D eigenvalue weighted by Gasteiger charge is 2.48. The molecular formula is C20H24N4O2. The van der Waals surface area contributed by atoms with E-state index < -0.39 is 0 Å². The molecule has 6 nitrogen and oxygen atoms in total. The Kier molecular flexibility index (Phi) is 3.93. The lowest BCUT2D eigenvalue weighted by atomic mass is 9.65. The van der Waals surface area contributed by atoms with Crippen LogP contribution in [0.15, 0.2) is 36.8 Å². The van der Waals surface area contributed by atoms with Crippen LogP contribution in [0.3, 0.4) is 0 Å². The van der Waals surface area contributed by atoms with Gasteiger partial charge in [0.25, 0.3) is 0 Å². The molecule has 0 atom stereocenters. The maximum Gasteiger partial charge on any atom is 0.161 e. The molecule has 6 heteroatoms. The van der Waals surface area contributed by atoms with E-state index in [2.05, 4.69) is 32.3 Å². The maximum absolute atomic E-state index is 5.71. The lowest BCUT2D eigenvalue weighted by molar-refractivity contribution is 0.120. The first-order valence-corrected chi connectivity index (χ1v) is 9.42. The van der Waals surface area contributed by atoms with Crippen molar-refractivity contribution in [1.29, 1.82) is 0 Å². The molecule has 136 valence electrons. The molecule has 2 fully saturated rings. The standard InChI is InChI=1S/C20H24N4O2/c1-2-17-18(26-8-7-25-17)9-15(1)12-24-6-4-20(13-24)10-16(11-20)23-19-3-5-21-14-22-19/h1-3,5,9,14,16H,4,6-8,10-13H2,(H,21,22,23). The normalized spacial score (nSPS) is 27.3. The number of rotatable bonds is 4. The SMILES string of the molecule is c1cc(NC2CC3(CCN(Cc4ccc5c(c4)OCCO5)C3)C2)ncn1. The Bertz CT molecular complexity index is 777. The molecule has 26 heavy (non-hydrogen) atoms. The zero-order valence-electron chi connectivity index (χ0n) is 14.9. The highest BCUT2D eigenvalue weighted by Crippen LogP contribution is 2.49.